The van der Waals surface area contributed by atoms with Gasteiger partial charge in [-0.25, -0.2) is 0 Å². The van der Waals surface area contributed by atoms with Crippen LogP contribution >= 0.6 is 0 Å². The Hall–Kier alpha value is 0.568. The Morgan fingerprint density at radius 2 is 0.871 bits per heavy atom. The number of hydrogen-bond acceptors (Lipinski definition) is 18. The van der Waals surface area contributed by atoms with Crippen molar-refractivity contribution in [1.29, 1.82) is 0 Å². The minimum Gasteiger partial charge on any atom is -0.498 e. The van der Waals surface area contributed by atoms with Gasteiger partial charge in [0.25, 0.3) is 0 Å². The first-order valence-corrected chi connectivity index (χ1v) is 27.6. The monoisotopic (exact) mass is 1390 g/mol. The van der Waals surface area contributed by atoms with Gasteiger partial charge in [0.05, 0.1) is 55.9 Å². The number of ether oxygens (including phenoxy) is 16. The van der Waals surface area contributed by atoms with Gasteiger partial charge in [-0.05, 0) is 76.2 Å². The van der Waals surface area contributed by atoms with Crippen LogP contribution in [-0.2, 0) is 141 Å². The van der Waals surface area contributed by atoms with Crippen molar-refractivity contribution in [3.8, 4) is 0 Å². The van der Waals surface area contributed by atoms with Gasteiger partial charge in [0.2, 0.25) is 0 Å². The summed E-state index contributed by atoms with van der Waals surface area (Å²) in [5.74, 6) is 3.64. The smallest absolute Gasteiger partial charge is 0.187 e. The molecule has 0 aliphatic carbocycles. The third-order valence-electron chi connectivity index (χ3n) is 17.0. The van der Waals surface area contributed by atoms with Gasteiger partial charge in [-0.3, -0.25) is 14.1 Å². The van der Waals surface area contributed by atoms with Crippen LogP contribution < -0.4 is 0 Å². The Morgan fingerprint density at radius 1 is 0.447 bits per heavy atom. The van der Waals surface area contributed by atoms with E-state index in [1.807, 2.05) is 27.7 Å². The third kappa shape index (κ3) is 28.8. The molecule has 26 atom stereocenters. The van der Waals surface area contributed by atoms with Crippen molar-refractivity contribution < 1.29 is 170 Å². The van der Waals surface area contributed by atoms with E-state index in [0.717, 1.165) is 25.0 Å². The second-order valence-electron chi connectivity index (χ2n) is 21.3. The van der Waals surface area contributed by atoms with Gasteiger partial charge >= 0.3 is 0 Å². The zero-order chi connectivity index (χ0) is 57.0. The van der Waals surface area contributed by atoms with Crippen LogP contribution in [0.2, 0.25) is 0 Å². The maximum atomic E-state index is 9.89. The normalized spacial score (nSPS) is 38.6. The van der Waals surface area contributed by atoms with Crippen LogP contribution in [0.5, 0.6) is 0 Å². The van der Waals surface area contributed by atoms with Crippen molar-refractivity contribution in [2.45, 2.75) is 256 Å². The summed E-state index contributed by atoms with van der Waals surface area (Å²) in [5.41, 5.74) is 1.19. The van der Waals surface area contributed by atoms with Gasteiger partial charge in [0.15, 0.2) is 31.5 Å². The van der Waals surface area contributed by atoms with E-state index in [2.05, 4.69) is 82.2 Å². The van der Waals surface area contributed by atoms with Gasteiger partial charge in [0.1, 0.15) is 42.5 Å². The minimum atomic E-state index is -0.767. The molecule has 6 aliphatic heterocycles. The predicted molar refractivity (Wildman–Crippen MR) is 332 cm³/mol. The molecule has 25 heteroatoms. The largest absolute Gasteiger partial charge is 0.498 e. The zero-order valence-electron chi connectivity index (χ0n) is 54.2. The van der Waals surface area contributed by atoms with E-state index in [4.69, 9.17) is 75.8 Å². The molecule has 4 saturated heterocycles. The molecule has 0 amide bonds. The second kappa shape index (κ2) is 53.0. The first-order valence-electron chi connectivity index (χ1n) is 27.6. The summed E-state index contributed by atoms with van der Waals surface area (Å²) in [6.07, 6.45) is 3.35. The molecule has 4 fully saturated rings. The van der Waals surface area contributed by atoms with Crippen molar-refractivity contribution in [3.63, 3.8) is 0 Å². The fourth-order valence-electron chi connectivity index (χ4n) is 10.7. The molecule has 0 aromatic rings. The topological polar surface area (TPSA) is 188 Å². The number of halogens is 3. The maximum absolute atomic E-state index is 9.89. The van der Waals surface area contributed by atoms with Crippen LogP contribution in [-0.4, -0.2) is 202 Å². The van der Waals surface area contributed by atoms with Crippen molar-refractivity contribution in [2.24, 2.45) is 47.3 Å². The van der Waals surface area contributed by atoms with E-state index in [1.54, 1.807) is 70.3 Å². The zero-order valence-corrected chi connectivity index (χ0v) is 59.9. The molecule has 18 nitrogen and oxygen atoms in total. The Labute approximate surface area is 573 Å². The summed E-state index contributed by atoms with van der Waals surface area (Å²) in [4.78, 5) is 0. The van der Waals surface area contributed by atoms with Crippen molar-refractivity contribution in [3.05, 3.63) is 23.7 Å². The van der Waals surface area contributed by atoms with Crippen LogP contribution in [0.15, 0.2) is 23.7 Å². The molecular weight excluding hydrogens is 1270 g/mol. The molecule has 2 N–H and O–H groups in total. The molecule has 0 aromatic heterocycles. The average Bonchev–Trinajstić information content (AvgIpc) is 3.40. The van der Waals surface area contributed by atoms with Crippen LogP contribution in [0, 0.1) is 47.3 Å². The molecule has 6 aliphatic rings. The molecule has 0 saturated carbocycles. The summed E-state index contributed by atoms with van der Waals surface area (Å²) < 4.78 is 88.7. The Balaban J connectivity index is -0.0000000818. The number of allylic oxidation sites excluding steroid dienone is 1. The second-order valence-corrected chi connectivity index (χ2v) is 21.3. The van der Waals surface area contributed by atoms with Crippen LogP contribution in [0.25, 0.3) is 0 Å². The van der Waals surface area contributed by atoms with Gasteiger partial charge in [0, 0.05) is 167 Å². The quantitative estimate of drug-likeness (QED) is 0.123. The first-order chi connectivity index (χ1) is 35.5. The number of methoxy groups -OCH3 is 9. The standard InChI is InChI=1S/C19H36O6.C10H20O4.C10H18O3.C9H18O3.C9H16O2.3CH4.2B.3FH.2Y.3H2/c1-9-14-15(12(4)17(21-7)18(22-8)24-14)25-19-16(20-6)11(3)10(2)13(5)23-19;1-5-7-8(11)6(2)9(12-3)10(13-4)14-7;1-5-8-6-7(2)9(11-3)10(12-4)13-8;1-5-6(2)8(11-4)9(10)12-7(5)3;1-6-7(2)9(10-4)5-11-8(6)3;;;;;;;;;;;;;/h10-19H,9H2,1-8H3;6-11H,5H2,1-4H3;6,8-10H,5H2,1-4H3;5-10H,1-4H3;5-8H,1-4H3;3*1H4;;;3*1H;;;3*1H. The molecule has 510 valence electrons. The Bertz CT molecular complexity index is 1650. The number of hydrogen-bond donors (Lipinski definition) is 2. The number of rotatable bonds is 14. The minimum absolute atomic E-state index is 0. The fourth-order valence-corrected chi connectivity index (χ4v) is 10.7. The predicted octanol–water partition coefficient (Wildman–Crippen LogP) is 10.9. The molecular formula is C60H129B2F3O18Y2. The van der Waals surface area contributed by atoms with E-state index >= 15 is 0 Å². The van der Waals surface area contributed by atoms with Crippen LogP contribution in [0.3, 0.4) is 0 Å². The SMILES string of the molecule is C.C.C.CCC1C=C(C)C(OC)C(OC)O1.CCC1OC(OC)C(OC)C(C)C1O.CCC1OC(OC)C(OC)C(C)C1OC1OC(C)C(C)C(C)C1OC.COC1=COC(C)C(C)C1C.COC1C(O)OC(C)C(C)C1C.F.F.F.[B].[B].[HH].[HH].[HH].[Y].[Y]. The molecule has 85 heavy (non-hydrogen) atoms. The molecule has 0 bridgehead atoms. The Morgan fingerprint density at radius 3 is 1.28 bits per heavy atom. The van der Waals surface area contributed by atoms with E-state index in [-0.39, 0.29) is 221 Å². The van der Waals surface area contributed by atoms with E-state index in [9.17, 15) is 10.2 Å². The van der Waals surface area contributed by atoms with E-state index in [1.165, 1.54) is 5.57 Å². The average molecular weight is 1400 g/mol. The van der Waals surface area contributed by atoms with Gasteiger partial charge in [-0.1, -0.05) is 105 Å². The van der Waals surface area contributed by atoms with E-state index in [0.29, 0.717) is 41.6 Å². The Kier molecular flexibility index (Phi) is 65.1. The summed E-state index contributed by atoms with van der Waals surface area (Å²) in [5, 5.41) is 19.4. The summed E-state index contributed by atoms with van der Waals surface area (Å²) in [7, 11) is 14.9. The summed E-state index contributed by atoms with van der Waals surface area (Å²) in [6, 6.07) is 0. The number of aliphatic hydroxyl groups excluding tert-OH is 2. The van der Waals surface area contributed by atoms with Gasteiger partial charge in [-0.15, -0.1) is 0 Å². The molecule has 6 rings (SSSR count). The maximum Gasteiger partial charge on any atom is 0.187 e. The summed E-state index contributed by atoms with van der Waals surface area (Å²) >= 11 is 0. The van der Waals surface area contributed by atoms with Crippen LogP contribution in [0.4, 0.5) is 14.1 Å². The molecule has 0 aromatic carbocycles. The van der Waals surface area contributed by atoms with Crippen LogP contribution in [0.1, 0.15) is 150 Å². The number of aliphatic hydroxyl groups is 2. The molecule has 6 heterocycles. The van der Waals surface area contributed by atoms with Crippen molar-refractivity contribution >= 4 is 16.8 Å². The van der Waals surface area contributed by atoms with E-state index < -0.39 is 18.7 Å². The summed E-state index contributed by atoms with van der Waals surface area (Å²) in [6.45, 7) is 31.4. The first kappa shape index (κ1) is 104. The molecule has 0 spiro atoms. The molecule has 26 unspecified atom stereocenters. The van der Waals surface area contributed by atoms with Crippen molar-refractivity contribution in [1.82, 2.24) is 0 Å². The third-order valence-corrected chi connectivity index (χ3v) is 17.0. The molecule has 8 radical (unpaired) electrons. The fraction of sp³-hybridized carbons (Fsp3) is 0.933. The van der Waals surface area contributed by atoms with Gasteiger partial charge < -0.3 is 86.0 Å². The van der Waals surface area contributed by atoms with Crippen molar-refractivity contribution in [2.75, 3.05) is 64.0 Å². The van der Waals surface area contributed by atoms with Gasteiger partial charge in [-0.2, -0.15) is 0 Å².